The summed E-state index contributed by atoms with van der Waals surface area (Å²) < 4.78 is 0. The molecule has 3 rings (SSSR count). The SMILES string of the molecule is CCCN(C(=O)c1sc(C2CCCC2)nc1C)C1CCNC1.Cl.Cl. The summed E-state index contributed by atoms with van der Waals surface area (Å²) in [6.45, 7) is 6.94. The number of carbonyl (C=O) groups is 1. The van der Waals surface area contributed by atoms with Crippen LogP contribution in [0.5, 0.6) is 0 Å². The predicted octanol–water partition coefficient (Wildman–Crippen LogP) is 4.17. The number of aryl methyl sites for hydroxylation is 1. The van der Waals surface area contributed by atoms with E-state index in [1.54, 1.807) is 11.3 Å². The van der Waals surface area contributed by atoms with Crippen molar-refractivity contribution in [3.8, 4) is 0 Å². The Labute approximate surface area is 161 Å². The summed E-state index contributed by atoms with van der Waals surface area (Å²) in [5.74, 6) is 0.799. The molecule has 1 amide bonds. The molecule has 1 unspecified atom stereocenters. The molecule has 2 aliphatic rings. The molecule has 24 heavy (non-hydrogen) atoms. The third kappa shape index (κ3) is 4.63. The second-order valence-corrected chi connectivity index (χ2v) is 7.62. The van der Waals surface area contributed by atoms with Crippen molar-refractivity contribution >= 4 is 42.1 Å². The summed E-state index contributed by atoms with van der Waals surface area (Å²) in [5, 5.41) is 4.57. The van der Waals surface area contributed by atoms with Gasteiger partial charge < -0.3 is 10.2 Å². The van der Waals surface area contributed by atoms with E-state index >= 15 is 0 Å². The van der Waals surface area contributed by atoms with Gasteiger partial charge in [0.15, 0.2) is 0 Å². The van der Waals surface area contributed by atoms with Gasteiger partial charge in [0.2, 0.25) is 0 Å². The van der Waals surface area contributed by atoms with Crippen molar-refractivity contribution in [1.82, 2.24) is 15.2 Å². The fourth-order valence-electron chi connectivity index (χ4n) is 3.69. The second kappa shape index (κ2) is 9.95. The maximum atomic E-state index is 13.0. The average molecular weight is 394 g/mol. The lowest BCUT2D eigenvalue weighted by Gasteiger charge is -2.27. The van der Waals surface area contributed by atoms with E-state index in [9.17, 15) is 4.79 Å². The van der Waals surface area contributed by atoms with Gasteiger partial charge in [-0.2, -0.15) is 0 Å². The summed E-state index contributed by atoms with van der Waals surface area (Å²) in [6, 6.07) is 0.351. The van der Waals surface area contributed by atoms with Crippen LogP contribution in [-0.4, -0.2) is 41.5 Å². The zero-order chi connectivity index (χ0) is 15.5. The van der Waals surface area contributed by atoms with Gasteiger partial charge in [-0.1, -0.05) is 19.8 Å². The molecular weight excluding hydrogens is 365 g/mol. The molecule has 138 valence electrons. The standard InChI is InChI=1S/C17H27N3OS.2ClH/c1-3-10-20(14-8-9-18-11-14)17(21)15-12(2)19-16(22-15)13-6-4-5-7-13;;/h13-14,18H,3-11H2,1-2H3;2*1H. The molecule has 1 aliphatic heterocycles. The van der Waals surface area contributed by atoms with Crippen molar-refractivity contribution in [2.24, 2.45) is 0 Å². The fourth-order valence-corrected chi connectivity index (χ4v) is 4.88. The summed E-state index contributed by atoms with van der Waals surface area (Å²) in [4.78, 5) is 20.7. The summed E-state index contributed by atoms with van der Waals surface area (Å²) >= 11 is 1.66. The Morgan fingerprint density at radius 2 is 2.00 bits per heavy atom. The molecule has 1 aliphatic carbocycles. The van der Waals surface area contributed by atoms with Crippen LogP contribution < -0.4 is 5.32 Å². The van der Waals surface area contributed by atoms with Gasteiger partial charge in [-0.05, 0) is 39.2 Å². The molecule has 2 heterocycles. The Kier molecular flexibility index (Phi) is 8.99. The minimum Gasteiger partial charge on any atom is -0.334 e. The highest BCUT2D eigenvalue weighted by Gasteiger charge is 2.30. The van der Waals surface area contributed by atoms with Crippen LogP contribution in [-0.2, 0) is 0 Å². The molecule has 1 atom stereocenters. The Hall–Kier alpha value is -0.360. The quantitative estimate of drug-likeness (QED) is 0.816. The Bertz CT molecular complexity index is 526. The maximum absolute atomic E-state index is 13.0. The molecule has 0 bridgehead atoms. The van der Waals surface area contributed by atoms with Crippen LogP contribution in [0, 0.1) is 6.92 Å². The molecule has 1 aromatic rings. The van der Waals surface area contributed by atoms with Gasteiger partial charge in [0.1, 0.15) is 4.88 Å². The van der Waals surface area contributed by atoms with Crippen LogP contribution in [0.15, 0.2) is 0 Å². The van der Waals surface area contributed by atoms with E-state index in [0.29, 0.717) is 12.0 Å². The Morgan fingerprint density at radius 3 is 2.58 bits per heavy atom. The summed E-state index contributed by atoms with van der Waals surface area (Å²) in [5.41, 5.74) is 0.934. The summed E-state index contributed by atoms with van der Waals surface area (Å²) in [6.07, 6.45) is 7.18. The van der Waals surface area contributed by atoms with E-state index in [1.807, 2.05) is 6.92 Å². The van der Waals surface area contributed by atoms with Crippen molar-refractivity contribution in [2.45, 2.75) is 64.3 Å². The highest BCUT2D eigenvalue weighted by Crippen LogP contribution is 2.37. The Morgan fingerprint density at radius 1 is 1.29 bits per heavy atom. The first-order chi connectivity index (χ1) is 10.7. The average Bonchev–Trinajstić information content (AvgIpc) is 3.24. The minimum absolute atomic E-state index is 0. The number of thiazole rings is 1. The largest absolute Gasteiger partial charge is 0.334 e. The molecule has 0 radical (unpaired) electrons. The molecule has 1 N–H and O–H groups in total. The van der Waals surface area contributed by atoms with Crippen LogP contribution in [0.1, 0.15) is 71.7 Å². The first kappa shape index (κ1) is 21.7. The van der Waals surface area contributed by atoms with Gasteiger partial charge in [-0.25, -0.2) is 4.98 Å². The number of rotatable bonds is 5. The summed E-state index contributed by atoms with van der Waals surface area (Å²) in [7, 11) is 0. The molecule has 1 saturated heterocycles. The van der Waals surface area contributed by atoms with E-state index in [1.165, 1.54) is 30.7 Å². The molecule has 2 fully saturated rings. The lowest BCUT2D eigenvalue weighted by atomic mass is 10.1. The van der Waals surface area contributed by atoms with E-state index in [2.05, 4.69) is 17.1 Å². The van der Waals surface area contributed by atoms with Crippen LogP contribution >= 0.6 is 36.2 Å². The number of aromatic nitrogens is 1. The first-order valence-corrected chi connectivity index (χ1v) is 9.51. The van der Waals surface area contributed by atoms with Gasteiger partial charge in [0.05, 0.1) is 10.7 Å². The number of hydrogen-bond acceptors (Lipinski definition) is 4. The second-order valence-electron chi connectivity index (χ2n) is 6.59. The highest BCUT2D eigenvalue weighted by atomic mass is 35.5. The maximum Gasteiger partial charge on any atom is 0.266 e. The fraction of sp³-hybridized carbons (Fsp3) is 0.765. The van der Waals surface area contributed by atoms with Gasteiger partial charge >= 0.3 is 0 Å². The molecule has 7 heteroatoms. The molecule has 0 aromatic carbocycles. The smallest absolute Gasteiger partial charge is 0.266 e. The third-order valence-corrected chi connectivity index (χ3v) is 6.22. The van der Waals surface area contributed by atoms with Crippen LogP contribution in [0.25, 0.3) is 0 Å². The van der Waals surface area contributed by atoms with Gasteiger partial charge in [-0.3, -0.25) is 4.79 Å². The van der Waals surface area contributed by atoms with Crippen LogP contribution in [0.3, 0.4) is 0 Å². The number of nitrogens with zero attached hydrogens (tertiary/aromatic N) is 2. The van der Waals surface area contributed by atoms with E-state index in [0.717, 1.165) is 43.0 Å². The van der Waals surface area contributed by atoms with Gasteiger partial charge in [0, 0.05) is 25.0 Å². The van der Waals surface area contributed by atoms with E-state index < -0.39 is 0 Å². The number of amides is 1. The van der Waals surface area contributed by atoms with Crippen molar-refractivity contribution in [1.29, 1.82) is 0 Å². The molecule has 1 aromatic heterocycles. The normalized spacial score (nSPS) is 20.5. The number of nitrogens with one attached hydrogen (secondary N) is 1. The van der Waals surface area contributed by atoms with Crippen LogP contribution in [0.2, 0.25) is 0 Å². The molecule has 0 spiro atoms. The number of hydrogen-bond donors (Lipinski definition) is 1. The number of carbonyl (C=O) groups excluding carboxylic acids is 1. The predicted molar refractivity (Wildman–Crippen MR) is 105 cm³/mol. The molecule has 4 nitrogen and oxygen atoms in total. The van der Waals surface area contributed by atoms with E-state index in [-0.39, 0.29) is 30.7 Å². The van der Waals surface area contributed by atoms with Crippen LogP contribution in [0.4, 0.5) is 0 Å². The van der Waals surface area contributed by atoms with Gasteiger partial charge in [-0.15, -0.1) is 36.2 Å². The Balaban J connectivity index is 0.00000144. The third-order valence-electron chi connectivity index (χ3n) is 4.91. The first-order valence-electron chi connectivity index (χ1n) is 8.69. The van der Waals surface area contributed by atoms with Crippen molar-refractivity contribution in [3.63, 3.8) is 0 Å². The van der Waals surface area contributed by atoms with E-state index in [4.69, 9.17) is 4.98 Å². The topological polar surface area (TPSA) is 45.2 Å². The lowest BCUT2D eigenvalue weighted by molar-refractivity contribution is 0.0696. The number of halogens is 2. The van der Waals surface area contributed by atoms with Crippen molar-refractivity contribution in [3.05, 3.63) is 15.6 Å². The lowest BCUT2D eigenvalue weighted by Crippen LogP contribution is -2.42. The van der Waals surface area contributed by atoms with Gasteiger partial charge in [0.25, 0.3) is 5.91 Å². The molecule has 1 saturated carbocycles. The van der Waals surface area contributed by atoms with Crippen molar-refractivity contribution in [2.75, 3.05) is 19.6 Å². The zero-order valence-electron chi connectivity index (χ0n) is 14.5. The zero-order valence-corrected chi connectivity index (χ0v) is 17.0. The van der Waals surface area contributed by atoms with Crippen molar-refractivity contribution < 1.29 is 4.79 Å². The molecular formula is C17H29Cl2N3OS. The minimum atomic E-state index is 0. The monoisotopic (exact) mass is 393 g/mol. The highest BCUT2D eigenvalue weighted by molar-refractivity contribution is 7.13.